The van der Waals surface area contributed by atoms with Crippen LogP contribution in [0.25, 0.3) is 0 Å². The third-order valence-corrected chi connectivity index (χ3v) is 3.93. The van der Waals surface area contributed by atoms with Gasteiger partial charge in [0.1, 0.15) is 0 Å². The van der Waals surface area contributed by atoms with E-state index in [1.165, 1.54) is 0 Å². The summed E-state index contributed by atoms with van der Waals surface area (Å²) in [6.45, 7) is 0. The van der Waals surface area contributed by atoms with Gasteiger partial charge in [-0.25, -0.2) is 0 Å². The topological polar surface area (TPSA) is 0 Å². The van der Waals surface area contributed by atoms with Crippen LogP contribution >= 0.6 is 0 Å². The van der Waals surface area contributed by atoms with Gasteiger partial charge in [-0.1, -0.05) is 25.7 Å². The predicted octanol–water partition coefficient (Wildman–Crippen LogP) is 2.24. The average Bonchev–Trinajstić information content (AvgIpc) is 1.85. The molecule has 0 unspecified atom stereocenters. The zero-order valence-corrected chi connectivity index (χ0v) is 7.74. The van der Waals surface area contributed by atoms with Crippen LogP contribution in [-0.4, -0.2) is 15.3 Å². The summed E-state index contributed by atoms with van der Waals surface area (Å²) in [5.74, 6) is -3.82. The van der Waals surface area contributed by atoms with Gasteiger partial charge in [-0.15, -0.1) is 0 Å². The first-order chi connectivity index (χ1) is 5.08. The zero-order chi connectivity index (χ0) is 8.32. The number of halogens is 3. The van der Waals surface area contributed by atoms with E-state index in [2.05, 4.69) is 6.42 Å². The van der Waals surface area contributed by atoms with Gasteiger partial charge >= 0.3 is 5.80 Å². The van der Waals surface area contributed by atoms with Crippen LogP contribution in [0.4, 0.5) is 13.2 Å². The Hall–Kier alpha value is 0.00688. The summed E-state index contributed by atoms with van der Waals surface area (Å²) in [6.07, 6.45) is 5.46. The number of hydrogen-bond acceptors (Lipinski definition) is 0. The summed E-state index contributed by atoms with van der Waals surface area (Å²) >= 11 is 0. The van der Waals surface area contributed by atoms with E-state index in [4.69, 9.17) is 0 Å². The van der Waals surface area contributed by atoms with Gasteiger partial charge in [0.2, 0.25) is 0 Å². The molecule has 65 valence electrons. The molecule has 0 bridgehead atoms. The van der Waals surface area contributed by atoms with Crippen molar-refractivity contribution >= 4 is 9.52 Å². The molecule has 0 saturated heterocycles. The second-order valence-electron chi connectivity index (χ2n) is 3.13. The SMILES string of the molecule is FC(F)(F)[SiH2]C1CC[CH]CC1. The summed E-state index contributed by atoms with van der Waals surface area (Å²) in [6, 6.07) is 0. The molecule has 0 aromatic rings. The predicted molar refractivity (Wildman–Crippen MR) is 41.1 cm³/mol. The summed E-state index contributed by atoms with van der Waals surface area (Å²) in [4.78, 5) is 0. The molecule has 0 aromatic carbocycles. The molecule has 1 fully saturated rings. The molecule has 1 saturated carbocycles. The van der Waals surface area contributed by atoms with Crippen LogP contribution in [0.3, 0.4) is 0 Å². The first-order valence-corrected chi connectivity index (χ1v) is 5.49. The van der Waals surface area contributed by atoms with Crippen LogP contribution in [0.15, 0.2) is 0 Å². The molecule has 0 atom stereocenters. The molecule has 1 aliphatic rings. The average molecular weight is 181 g/mol. The summed E-state index contributed by atoms with van der Waals surface area (Å²) in [5.41, 5.74) is 0.0278. The van der Waals surface area contributed by atoms with Crippen LogP contribution in [0, 0.1) is 6.42 Å². The lowest BCUT2D eigenvalue weighted by Gasteiger charge is -2.21. The van der Waals surface area contributed by atoms with E-state index in [0.717, 1.165) is 25.7 Å². The van der Waals surface area contributed by atoms with Crippen molar-refractivity contribution in [3.05, 3.63) is 6.42 Å². The maximum atomic E-state index is 11.9. The zero-order valence-electron chi connectivity index (χ0n) is 6.32. The van der Waals surface area contributed by atoms with E-state index < -0.39 is 15.3 Å². The molecule has 1 aliphatic carbocycles. The highest BCUT2D eigenvalue weighted by molar-refractivity contribution is 6.40. The molecule has 4 heteroatoms. The first kappa shape index (κ1) is 9.10. The van der Waals surface area contributed by atoms with E-state index in [1.807, 2.05) is 0 Å². The quantitative estimate of drug-likeness (QED) is 0.544. The van der Waals surface area contributed by atoms with Gasteiger partial charge in [0, 0.05) is 0 Å². The number of rotatable bonds is 1. The third-order valence-electron chi connectivity index (χ3n) is 2.08. The van der Waals surface area contributed by atoms with E-state index in [1.54, 1.807) is 0 Å². The van der Waals surface area contributed by atoms with Gasteiger partial charge in [-0.3, -0.25) is 0 Å². The van der Waals surface area contributed by atoms with Gasteiger partial charge in [0.25, 0.3) is 0 Å². The Labute approximate surface area is 67.0 Å². The van der Waals surface area contributed by atoms with Crippen LogP contribution in [0.5, 0.6) is 0 Å². The maximum Gasteiger partial charge on any atom is 0.355 e. The second-order valence-corrected chi connectivity index (χ2v) is 5.49. The van der Waals surface area contributed by atoms with Crippen molar-refractivity contribution in [3.63, 3.8) is 0 Å². The normalized spacial score (nSPS) is 23.2. The maximum absolute atomic E-state index is 11.9. The highest BCUT2D eigenvalue weighted by Crippen LogP contribution is 2.31. The van der Waals surface area contributed by atoms with Crippen LogP contribution < -0.4 is 0 Å². The Balaban J connectivity index is 2.24. The van der Waals surface area contributed by atoms with Crippen molar-refractivity contribution in [3.8, 4) is 0 Å². The van der Waals surface area contributed by atoms with Gasteiger partial charge in [0.15, 0.2) is 9.52 Å². The lowest BCUT2D eigenvalue weighted by Crippen LogP contribution is -2.24. The molecular weight excluding hydrogens is 169 g/mol. The fourth-order valence-corrected chi connectivity index (χ4v) is 3.06. The van der Waals surface area contributed by atoms with E-state index in [0.29, 0.717) is 0 Å². The van der Waals surface area contributed by atoms with E-state index in [9.17, 15) is 13.2 Å². The highest BCUT2D eigenvalue weighted by atomic mass is 28.2. The Kier molecular flexibility index (Phi) is 2.98. The van der Waals surface area contributed by atoms with Crippen LogP contribution in [-0.2, 0) is 0 Å². The van der Waals surface area contributed by atoms with Gasteiger partial charge in [-0.2, -0.15) is 13.2 Å². The van der Waals surface area contributed by atoms with Crippen molar-refractivity contribution in [2.45, 2.75) is 37.0 Å². The molecule has 0 amide bonds. The lowest BCUT2D eigenvalue weighted by molar-refractivity contribution is -0.0486. The molecule has 11 heavy (non-hydrogen) atoms. The van der Waals surface area contributed by atoms with Gasteiger partial charge in [-0.05, 0) is 12.0 Å². The van der Waals surface area contributed by atoms with Crippen LogP contribution in [0.2, 0.25) is 5.54 Å². The van der Waals surface area contributed by atoms with Crippen molar-refractivity contribution in [2.75, 3.05) is 0 Å². The minimum Gasteiger partial charge on any atom is -0.178 e. The first-order valence-electron chi connectivity index (χ1n) is 3.96. The molecule has 0 aromatic heterocycles. The van der Waals surface area contributed by atoms with Crippen LogP contribution in [0.1, 0.15) is 25.7 Å². The lowest BCUT2D eigenvalue weighted by atomic mass is 10.0. The standard InChI is InChI=1S/C7H12F3Si/c8-7(9,10)11-6-4-2-1-3-5-6/h1,6H,2-5,11H2. The summed E-state index contributed by atoms with van der Waals surface area (Å²) in [7, 11) is -1.82. The largest absolute Gasteiger partial charge is 0.355 e. The van der Waals surface area contributed by atoms with E-state index in [-0.39, 0.29) is 5.54 Å². The second kappa shape index (κ2) is 3.60. The fraction of sp³-hybridized carbons (Fsp3) is 0.857. The minimum atomic E-state index is -3.82. The summed E-state index contributed by atoms with van der Waals surface area (Å²) < 4.78 is 35.7. The Morgan fingerprint density at radius 2 is 1.73 bits per heavy atom. The molecule has 1 rings (SSSR count). The van der Waals surface area contributed by atoms with Gasteiger partial charge < -0.3 is 0 Å². The molecular formula is C7H12F3Si. The molecule has 1 radical (unpaired) electrons. The highest BCUT2D eigenvalue weighted by Gasteiger charge is 2.32. The molecule has 0 N–H and O–H groups in total. The number of alkyl halides is 3. The molecule has 0 spiro atoms. The molecule has 0 heterocycles. The number of hydrogen-bond donors (Lipinski definition) is 0. The fourth-order valence-electron chi connectivity index (χ4n) is 1.53. The van der Waals surface area contributed by atoms with Crippen molar-refractivity contribution < 1.29 is 13.2 Å². The Bertz CT molecular complexity index is 115. The Morgan fingerprint density at radius 1 is 1.18 bits per heavy atom. The van der Waals surface area contributed by atoms with Crippen molar-refractivity contribution in [1.82, 2.24) is 0 Å². The van der Waals surface area contributed by atoms with Crippen molar-refractivity contribution in [2.24, 2.45) is 0 Å². The molecule has 0 nitrogen and oxygen atoms in total. The summed E-state index contributed by atoms with van der Waals surface area (Å²) in [5, 5.41) is 0. The minimum absolute atomic E-state index is 0.0278. The van der Waals surface area contributed by atoms with Gasteiger partial charge in [0.05, 0.1) is 0 Å². The smallest absolute Gasteiger partial charge is 0.178 e. The monoisotopic (exact) mass is 181 g/mol. The van der Waals surface area contributed by atoms with E-state index >= 15 is 0 Å². The third kappa shape index (κ3) is 3.79. The molecule has 0 aliphatic heterocycles. The van der Waals surface area contributed by atoms with Crippen molar-refractivity contribution in [1.29, 1.82) is 0 Å². The Morgan fingerprint density at radius 3 is 2.18 bits per heavy atom.